The van der Waals surface area contributed by atoms with E-state index >= 15 is 0 Å². The van der Waals surface area contributed by atoms with Crippen LogP contribution in [0.3, 0.4) is 0 Å². The zero-order valence-corrected chi connectivity index (χ0v) is 14.7. The summed E-state index contributed by atoms with van der Waals surface area (Å²) in [7, 11) is 0. The van der Waals surface area contributed by atoms with Crippen LogP contribution in [-0.4, -0.2) is 10.5 Å². The third kappa shape index (κ3) is 2.26. The van der Waals surface area contributed by atoms with Gasteiger partial charge >= 0.3 is 0 Å². The first-order valence-corrected chi connectivity index (χ1v) is 9.32. The van der Waals surface area contributed by atoms with Crippen LogP contribution in [0, 0.1) is 0 Å². The Bertz CT molecular complexity index is 863. The van der Waals surface area contributed by atoms with Crippen LogP contribution in [0.2, 0.25) is 0 Å². The Morgan fingerprint density at radius 1 is 0.720 bits per heavy atom. The highest BCUT2D eigenvalue weighted by molar-refractivity contribution is 5.45. The zero-order chi connectivity index (χ0) is 16.9. The molecular weight excluding hydrogens is 302 g/mol. The first kappa shape index (κ1) is 14.9. The lowest BCUT2D eigenvalue weighted by Gasteiger charge is -2.54. The van der Waals surface area contributed by atoms with Gasteiger partial charge in [0.1, 0.15) is 19.6 Å². The van der Waals surface area contributed by atoms with Gasteiger partial charge < -0.3 is 4.48 Å². The molecule has 124 valence electrons. The molecule has 0 N–H and O–H groups in total. The predicted octanol–water partition coefficient (Wildman–Crippen LogP) is 5.25. The van der Waals surface area contributed by atoms with Crippen molar-refractivity contribution in [3.63, 3.8) is 0 Å². The van der Waals surface area contributed by atoms with Gasteiger partial charge in [-0.25, -0.2) is 0 Å². The van der Waals surface area contributed by atoms with Gasteiger partial charge in [-0.1, -0.05) is 78.9 Å². The molecule has 0 aliphatic carbocycles. The van der Waals surface area contributed by atoms with E-state index in [0.29, 0.717) is 12.0 Å². The normalized spacial score (nSPS) is 26.6. The Morgan fingerprint density at radius 2 is 1.24 bits per heavy atom. The van der Waals surface area contributed by atoms with Gasteiger partial charge in [0.2, 0.25) is 0 Å². The highest BCUT2D eigenvalue weighted by atomic mass is 15.4. The molecule has 0 radical (unpaired) electrons. The zero-order valence-electron chi connectivity index (χ0n) is 14.7. The van der Waals surface area contributed by atoms with Gasteiger partial charge in [-0.15, -0.1) is 0 Å². The summed E-state index contributed by atoms with van der Waals surface area (Å²) in [5.74, 6) is 0.513. The van der Waals surface area contributed by atoms with Crippen LogP contribution in [-0.2, 0) is 19.6 Å². The molecule has 0 spiro atoms. The number of nitrogens with zero attached hydrogens (tertiary/aromatic N) is 1. The number of hydrogen-bond donors (Lipinski definition) is 0. The van der Waals surface area contributed by atoms with Crippen molar-refractivity contribution < 1.29 is 4.48 Å². The first-order valence-electron chi connectivity index (χ1n) is 9.32. The molecule has 2 heterocycles. The molecule has 0 saturated carbocycles. The summed E-state index contributed by atoms with van der Waals surface area (Å²) in [6.07, 6.45) is 0. The second-order valence-electron chi connectivity index (χ2n) is 7.79. The van der Waals surface area contributed by atoms with Crippen LogP contribution >= 0.6 is 0 Å². The summed E-state index contributed by atoms with van der Waals surface area (Å²) in [5.41, 5.74) is 7.62. The molecule has 0 amide bonds. The molecule has 0 aromatic heterocycles. The largest absolute Gasteiger partial charge is 0.309 e. The van der Waals surface area contributed by atoms with E-state index in [-0.39, 0.29) is 0 Å². The number of hydrogen-bond acceptors (Lipinski definition) is 0. The number of benzene rings is 3. The second kappa shape index (κ2) is 5.57. The minimum Gasteiger partial charge on any atom is -0.309 e. The number of quaternary nitrogens is 1. The standard InChI is InChI=1S/C24H24N/c1-18-24-22-13-7-5-11-20(22)16-25(18,15-19-9-3-2-4-10-19)17-21-12-6-8-14-23(21)24/h2-14,18,24H,15-17H2,1H3/q+1/t18-,24?,25?/m0/s1. The molecule has 2 bridgehead atoms. The molecular formula is C24H24N+. The molecule has 0 fully saturated rings. The smallest absolute Gasteiger partial charge is 0.105 e. The fourth-order valence-corrected chi connectivity index (χ4v) is 5.19. The van der Waals surface area contributed by atoms with Gasteiger partial charge in [-0.3, -0.25) is 0 Å². The summed E-state index contributed by atoms with van der Waals surface area (Å²) in [4.78, 5) is 0. The molecule has 1 heteroatoms. The maximum atomic E-state index is 2.47. The molecule has 5 rings (SSSR count). The Balaban J connectivity index is 1.70. The highest BCUT2D eigenvalue weighted by Crippen LogP contribution is 2.49. The van der Waals surface area contributed by atoms with Crippen molar-refractivity contribution in [3.05, 3.63) is 107 Å². The average molecular weight is 326 g/mol. The van der Waals surface area contributed by atoms with Crippen molar-refractivity contribution >= 4 is 0 Å². The van der Waals surface area contributed by atoms with Gasteiger partial charge in [-0.2, -0.15) is 0 Å². The third-order valence-corrected chi connectivity index (χ3v) is 6.44. The average Bonchev–Trinajstić information content (AvgIpc) is 2.63. The topological polar surface area (TPSA) is 0 Å². The monoisotopic (exact) mass is 326 g/mol. The molecule has 2 aliphatic heterocycles. The van der Waals surface area contributed by atoms with Crippen molar-refractivity contribution in [2.45, 2.75) is 38.5 Å². The van der Waals surface area contributed by atoms with Crippen molar-refractivity contribution in [1.29, 1.82) is 0 Å². The minimum absolute atomic E-state index is 0.513. The van der Waals surface area contributed by atoms with Crippen molar-refractivity contribution in [2.24, 2.45) is 0 Å². The minimum atomic E-state index is 0.513. The second-order valence-corrected chi connectivity index (χ2v) is 7.79. The Kier molecular flexibility index (Phi) is 3.33. The molecule has 1 nitrogen and oxygen atoms in total. The summed E-state index contributed by atoms with van der Waals surface area (Å²) < 4.78 is 1.14. The van der Waals surface area contributed by atoms with Crippen LogP contribution in [0.4, 0.5) is 0 Å². The van der Waals surface area contributed by atoms with Gasteiger partial charge in [0.05, 0.1) is 12.0 Å². The van der Waals surface area contributed by atoms with E-state index in [1.807, 2.05) is 0 Å². The van der Waals surface area contributed by atoms with E-state index in [2.05, 4.69) is 85.8 Å². The summed E-state index contributed by atoms with van der Waals surface area (Å²) in [6.45, 7) is 5.86. The van der Waals surface area contributed by atoms with Crippen LogP contribution < -0.4 is 0 Å². The summed E-state index contributed by atoms with van der Waals surface area (Å²) in [6, 6.07) is 29.9. The Labute approximate surface area is 150 Å². The molecule has 3 aromatic rings. The van der Waals surface area contributed by atoms with E-state index in [9.17, 15) is 0 Å². The number of rotatable bonds is 2. The van der Waals surface area contributed by atoms with Crippen LogP contribution in [0.5, 0.6) is 0 Å². The quantitative estimate of drug-likeness (QED) is 0.564. The van der Waals surface area contributed by atoms with E-state index in [4.69, 9.17) is 0 Å². The van der Waals surface area contributed by atoms with Crippen molar-refractivity contribution in [2.75, 3.05) is 0 Å². The van der Waals surface area contributed by atoms with Gasteiger partial charge in [-0.05, 0) is 18.1 Å². The molecule has 1 atom stereocenters. The third-order valence-electron chi connectivity index (χ3n) is 6.44. The lowest BCUT2D eigenvalue weighted by molar-refractivity contribution is -0.991. The lowest BCUT2D eigenvalue weighted by Crippen LogP contribution is -2.59. The van der Waals surface area contributed by atoms with Crippen LogP contribution in [0.15, 0.2) is 78.9 Å². The van der Waals surface area contributed by atoms with E-state index in [1.54, 1.807) is 11.1 Å². The fraction of sp³-hybridized carbons (Fsp3) is 0.250. The maximum Gasteiger partial charge on any atom is 0.105 e. The van der Waals surface area contributed by atoms with Gasteiger partial charge in [0, 0.05) is 16.7 Å². The highest BCUT2D eigenvalue weighted by Gasteiger charge is 2.49. The van der Waals surface area contributed by atoms with E-state index < -0.39 is 0 Å². The molecule has 25 heavy (non-hydrogen) atoms. The summed E-state index contributed by atoms with van der Waals surface area (Å²) >= 11 is 0. The molecule has 0 unspecified atom stereocenters. The number of fused-ring (bicyclic) bond motifs is 6. The fourth-order valence-electron chi connectivity index (χ4n) is 5.19. The van der Waals surface area contributed by atoms with Gasteiger partial charge in [0.25, 0.3) is 0 Å². The van der Waals surface area contributed by atoms with E-state index in [0.717, 1.165) is 24.1 Å². The molecule has 3 aromatic carbocycles. The first-order chi connectivity index (χ1) is 12.3. The Morgan fingerprint density at radius 3 is 1.84 bits per heavy atom. The predicted molar refractivity (Wildman–Crippen MR) is 102 cm³/mol. The SMILES string of the molecule is C[C@H]1C2c3ccccc3C[N+]1(Cc1ccccc1)Cc1ccccc12. The van der Waals surface area contributed by atoms with Gasteiger partial charge in [0.15, 0.2) is 0 Å². The van der Waals surface area contributed by atoms with E-state index in [1.165, 1.54) is 16.7 Å². The van der Waals surface area contributed by atoms with Crippen molar-refractivity contribution in [3.8, 4) is 0 Å². The molecule has 0 saturated heterocycles. The van der Waals surface area contributed by atoms with Crippen molar-refractivity contribution in [1.82, 2.24) is 0 Å². The van der Waals surface area contributed by atoms with Crippen LogP contribution in [0.1, 0.15) is 40.7 Å². The maximum absolute atomic E-state index is 2.47. The molecule has 2 aliphatic rings. The lowest BCUT2D eigenvalue weighted by atomic mass is 9.73. The summed E-state index contributed by atoms with van der Waals surface area (Å²) in [5, 5.41) is 0. The van der Waals surface area contributed by atoms with Crippen LogP contribution in [0.25, 0.3) is 0 Å². The Hall–Kier alpha value is -2.38.